The Kier molecular flexibility index (Phi) is 5.39. The summed E-state index contributed by atoms with van der Waals surface area (Å²) in [4.78, 5) is 16.6. The minimum Gasteiger partial charge on any atom is -0.340 e. The van der Waals surface area contributed by atoms with Gasteiger partial charge in [0, 0.05) is 37.6 Å². The third kappa shape index (κ3) is 5.11. The Morgan fingerprint density at radius 1 is 1.26 bits per heavy atom. The molecule has 0 spiro atoms. The molecule has 0 bridgehead atoms. The SMILES string of the molecule is CC1CN(C(=O)CC(N)CC(C)(C)C)CC(C)N1C. The van der Waals surface area contributed by atoms with Crippen LogP contribution in [-0.4, -0.2) is 54.0 Å². The van der Waals surface area contributed by atoms with E-state index in [1.807, 2.05) is 4.90 Å². The number of rotatable bonds is 3. The Labute approximate surface area is 118 Å². The van der Waals surface area contributed by atoms with Crippen molar-refractivity contribution in [3.05, 3.63) is 0 Å². The second-order valence-electron chi connectivity index (χ2n) is 7.39. The largest absolute Gasteiger partial charge is 0.340 e. The van der Waals surface area contributed by atoms with Crippen molar-refractivity contribution in [2.24, 2.45) is 11.1 Å². The van der Waals surface area contributed by atoms with Gasteiger partial charge in [-0.05, 0) is 32.7 Å². The molecule has 3 atom stereocenters. The van der Waals surface area contributed by atoms with Crippen LogP contribution in [0.5, 0.6) is 0 Å². The summed E-state index contributed by atoms with van der Waals surface area (Å²) in [6.45, 7) is 12.5. The van der Waals surface area contributed by atoms with Crippen molar-refractivity contribution in [1.29, 1.82) is 0 Å². The summed E-state index contributed by atoms with van der Waals surface area (Å²) in [6, 6.07) is 0.816. The van der Waals surface area contributed by atoms with Crippen LogP contribution >= 0.6 is 0 Å². The van der Waals surface area contributed by atoms with Crippen LogP contribution in [0.4, 0.5) is 0 Å². The maximum absolute atomic E-state index is 12.3. The van der Waals surface area contributed by atoms with E-state index in [4.69, 9.17) is 5.73 Å². The fourth-order valence-electron chi connectivity index (χ4n) is 2.82. The smallest absolute Gasteiger partial charge is 0.224 e. The van der Waals surface area contributed by atoms with Gasteiger partial charge >= 0.3 is 0 Å². The number of nitrogens with two attached hydrogens (primary N) is 1. The van der Waals surface area contributed by atoms with Gasteiger partial charge in [0.25, 0.3) is 0 Å². The highest BCUT2D eigenvalue weighted by molar-refractivity contribution is 5.77. The summed E-state index contributed by atoms with van der Waals surface area (Å²) < 4.78 is 0. The van der Waals surface area contributed by atoms with Crippen molar-refractivity contribution >= 4 is 5.91 Å². The molecule has 112 valence electrons. The molecule has 2 N–H and O–H groups in total. The molecule has 1 fully saturated rings. The van der Waals surface area contributed by atoms with Crippen molar-refractivity contribution in [1.82, 2.24) is 9.80 Å². The molecule has 0 aliphatic carbocycles. The summed E-state index contributed by atoms with van der Waals surface area (Å²) in [5.41, 5.74) is 6.29. The molecule has 1 amide bonds. The Balaban J connectivity index is 2.50. The highest BCUT2D eigenvalue weighted by atomic mass is 16.2. The highest BCUT2D eigenvalue weighted by Crippen LogP contribution is 2.22. The van der Waals surface area contributed by atoms with Crippen molar-refractivity contribution in [2.75, 3.05) is 20.1 Å². The Morgan fingerprint density at radius 2 is 1.74 bits per heavy atom. The molecule has 19 heavy (non-hydrogen) atoms. The average molecular weight is 269 g/mol. The number of amides is 1. The average Bonchev–Trinajstić information content (AvgIpc) is 2.22. The Bertz CT molecular complexity index is 299. The van der Waals surface area contributed by atoms with Gasteiger partial charge in [0.2, 0.25) is 5.91 Å². The van der Waals surface area contributed by atoms with Gasteiger partial charge in [-0.15, -0.1) is 0 Å². The van der Waals surface area contributed by atoms with Crippen LogP contribution in [0, 0.1) is 5.41 Å². The first kappa shape index (κ1) is 16.4. The summed E-state index contributed by atoms with van der Waals surface area (Å²) in [6.07, 6.45) is 1.36. The van der Waals surface area contributed by atoms with Gasteiger partial charge in [-0.25, -0.2) is 0 Å². The molecule has 1 aliphatic rings. The minimum atomic E-state index is -0.0298. The zero-order valence-electron chi connectivity index (χ0n) is 13.4. The summed E-state index contributed by atoms with van der Waals surface area (Å²) in [7, 11) is 2.13. The van der Waals surface area contributed by atoms with E-state index in [2.05, 4.69) is 46.6 Å². The molecule has 0 aromatic carbocycles. The zero-order chi connectivity index (χ0) is 14.8. The molecule has 4 heteroatoms. The van der Waals surface area contributed by atoms with Crippen LogP contribution in [0.1, 0.15) is 47.5 Å². The normalized spacial score (nSPS) is 27.4. The van der Waals surface area contributed by atoms with E-state index >= 15 is 0 Å². The predicted octanol–water partition coefficient (Wildman–Crippen LogP) is 1.69. The minimum absolute atomic E-state index is 0.0298. The maximum atomic E-state index is 12.3. The molecular formula is C15H31N3O. The molecule has 4 nitrogen and oxygen atoms in total. The molecule has 0 aromatic rings. The summed E-state index contributed by atoms with van der Waals surface area (Å²) >= 11 is 0. The van der Waals surface area contributed by atoms with Crippen LogP contribution in [-0.2, 0) is 4.79 Å². The van der Waals surface area contributed by atoms with E-state index in [0.29, 0.717) is 18.5 Å². The van der Waals surface area contributed by atoms with Crippen LogP contribution in [0.15, 0.2) is 0 Å². The fourth-order valence-corrected chi connectivity index (χ4v) is 2.82. The summed E-state index contributed by atoms with van der Waals surface area (Å²) in [5.74, 6) is 0.212. The lowest BCUT2D eigenvalue weighted by atomic mass is 9.87. The second-order valence-corrected chi connectivity index (χ2v) is 7.39. The molecule has 0 radical (unpaired) electrons. The number of likely N-dealkylation sites (N-methyl/N-ethyl adjacent to an activating group) is 1. The lowest BCUT2D eigenvalue weighted by molar-refractivity contribution is -0.135. The molecule has 1 heterocycles. The third-order valence-electron chi connectivity index (χ3n) is 4.02. The molecular weight excluding hydrogens is 238 g/mol. The summed E-state index contributed by atoms with van der Waals surface area (Å²) in [5, 5.41) is 0. The number of carbonyl (C=O) groups is 1. The van der Waals surface area contributed by atoms with Crippen molar-refractivity contribution < 1.29 is 4.79 Å². The maximum Gasteiger partial charge on any atom is 0.224 e. The van der Waals surface area contributed by atoms with E-state index in [1.165, 1.54) is 0 Å². The topological polar surface area (TPSA) is 49.6 Å². The molecule has 3 unspecified atom stereocenters. The van der Waals surface area contributed by atoms with Crippen LogP contribution in [0.2, 0.25) is 0 Å². The zero-order valence-corrected chi connectivity index (χ0v) is 13.4. The van der Waals surface area contributed by atoms with Crippen LogP contribution < -0.4 is 5.73 Å². The van der Waals surface area contributed by atoms with Gasteiger partial charge < -0.3 is 10.6 Å². The second kappa shape index (κ2) is 6.23. The highest BCUT2D eigenvalue weighted by Gasteiger charge is 2.30. The van der Waals surface area contributed by atoms with Crippen molar-refractivity contribution in [2.45, 2.75) is 65.6 Å². The number of nitrogens with zero attached hydrogens (tertiary/aromatic N) is 2. The lowest BCUT2D eigenvalue weighted by Gasteiger charge is -2.42. The monoisotopic (exact) mass is 269 g/mol. The number of hydrogen-bond acceptors (Lipinski definition) is 3. The van der Waals surface area contributed by atoms with Gasteiger partial charge in [-0.1, -0.05) is 20.8 Å². The van der Waals surface area contributed by atoms with Crippen LogP contribution in [0.25, 0.3) is 0 Å². The first-order valence-corrected chi connectivity index (χ1v) is 7.35. The van der Waals surface area contributed by atoms with Gasteiger partial charge in [0.15, 0.2) is 0 Å². The van der Waals surface area contributed by atoms with Gasteiger partial charge in [0.1, 0.15) is 0 Å². The van der Waals surface area contributed by atoms with E-state index in [0.717, 1.165) is 19.5 Å². The van der Waals surface area contributed by atoms with Gasteiger partial charge in [-0.2, -0.15) is 0 Å². The van der Waals surface area contributed by atoms with E-state index in [-0.39, 0.29) is 17.4 Å². The van der Waals surface area contributed by atoms with E-state index < -0.39 is 0 Å². The number of piperazine rings is 1. The standard InChI is InChI=1S/C15H31N3O/c1-11-9-18(10-12(2)17(11)6)14(19)7-13(16)8-15(3,4)5/h11-13H,7-10,16H2,1-6H3. The van der Waals surface area contributed by atoms with Crippen molar-refractivity contribution in [3.63, 3.8) is 0 Å². The molecule has 1 saturated heterocycles. The first-order chi connectivity index (χ1) is 8.60. The number of carbonyl (C=O) groups excluding carboxylic acids is 1. The van der Waals surface area contributed by atoms with E-state index in [1.54, 1.807) is 0 Å². The third-order valence-corrected chi connectivity index (χ3v) is 4.02. The Hall–Kier alpha value is -0.610. The fraction of sp³-hybridized carbons (Fsp3) is 0.933. The Morgan fingerprint density at radius 3 is 2.16 bits per heavy atom. The predicted molar refractivity (Wildman–Crippen MR) is 79.9 cm³/mol. The quantitative estimate of drug-likeness (QED) is 0.848. The molecule has 0 aromatic heterocycles. The van der Waals surface area contributed by atoms with Crippen molar-refractivity contribution in [3.8, 4) is 0 Å². The molecule has 0 saturated carbocycles. The van der Waals surface area contributed by atoms with Gasteiger partial charge in [0.05, 0.1) is 0 Å². The first-order valence-electron chi connectivity index (χ1n) is 7.35. The lowest BCUT2D eigenvalue weighted by Crippen LogP contribution is -2.57. The molecule has 1 aliphatic heterocycles. The van der Waals surface area contributed by atoms with Crippen LogP contribution in [0.3, 0.4) is 0 Å². The van der Waals surface area contributed by atoms with Gasteiger partial charge in [-0.3, -0.25) is 9.69 Å². The van der Waals surface area contributed by atoms with E-state index in [9.17, 15) is 4.79 Å². The number of hydrogen-bond donors (Lipinski definition) is 1. The molecule has 1 rings (SSSR count).